The fraction of sp³-hybridized carbons (Fsp3) is 0.381. The molecule has 0 bridgehead atoms. The van der Waals surface area contributed by atoms with Gasteiger partial charge in [0.15, 0.2) is 0 Å². The van der Waals surface area contributed by atoms with Crippen LogP contribution in [-0.4, -0.2) is 77.2 Å². The third-order valence-electron chi connectivity index (χ3n) is 5.64. The van der Waals surface area contributed by atoms with E-state index in [2.05, 4.69) is 9.80 Å². The molecule has 1 aliphatic heterocycles. The molecule has 1 aliphatic rings. The topological polar surface area (TPSA) is 99.8 Å². The van der Waals surface area contributed by atoms with Crippen molar-refractivity contribution in [2.75, 3.05) is 58.0 Å². The zero-order valence-electron chi connectivity index (χ0n) is 17.9. The predicted molar refractivity (Wildman–Crippen MR) is 124 cm³/mol. The Morgan fingerprint density at radius 2 is 1.81 bits per heavy atom. The van der Waals surface area contributed by atoms with Crippen LogP contribution in [0.15, 0.2) is 36.7 Å². The Hall–Kier alpha value is -2.29. The van der Waals surface area contributed by atoms with Crippen LogP contribution >= 0.6 is 19.2 Å². The van der Waals surface area contributed by atoms with E-state index in [1.807, 2.05) is 28.9 Å². The second-order valence-corrected chi connectivity index (χ2v) is 9.86. The van der Waals surface area contributed by atoms with Gasteiger partial charge in [-0.2, -0.15) is 0 Å². The van der Waals surface area contributed by atoms with Crippen LogP contribution in [0.1, 0.15) is 0 Å². The largest absolute Gasteiger partial charge is 0.496 e. The summed E-state index contributed by atoms with van der Waals surface area (Å²) in [5, 5.41) is 0.484. The Morgan fingerprint density at radius 3 is 2.47 bits per heavy atom. The maximum atomic E-state index is 11.1. The third kappa shape index (κ3) is 5.03. The minimum absolute atomic E-state index is 0.103. The Balaban J connectivity index is 1.52. The van der Waals surface area contributed by atoms with Gasteiger partial charge in [-0.1, -0.05) is 11.6 Å². The van der Waals surface area contributed by atoms with Gasteiger partial charge in [0.1, 0.15) is 17.1 Å². The van der Waals surface area contributed by atoms with Gasteiger partial charge in [-0.15, -0.1) is 0 Å². The number of halogens is 1. The molecule has 0 unspecified atom stereocenters. The first-order valence-corrected chi connectivity index (χ1v) is 12.4. The number of nitrogens with zero attached hydrogens (tertiary/aromatic N) is 4. The van der Waals surface area contributed by atoms with Crippen molar-refractivity contribution in [1.82, 2.24) is 14.3 Å². The summed E-state index contributed by atoms with van der Waals surface area (Å²) in [6, 6.07) is 7.62. The first-order valence-electron chi connectivity index (χ1n) is 10.2. The lowest BCUT2D eigenvalue weighted by Crippen LogP contribution is -2.47. The van der Waals surface area contributed by atoms with Gasteiger partial charge in [0.25, 0.3) is 0 Å². The van der Waals surface area contributed by atoms with Crippen molar-refractivity contribution in [1.29, 1.82) is 0 Å². The first kappa shape index (κ1) is 22.9. The second kappa shape index (κ2) is 9.29. The highest BCUT2D eigenvalue weighted by atomic mass is 35.5. The monoisotopic (exact) mass is 480 g/mol. The first-order chi connectivity index (χ1) is 15.3. The fourth-order valence-electron chi connectivity index (χ4n) is 3.86. The molecule has 172 valence electrons. The molecule has 1 aromatic carbocycles. The van der Waals surface area contributed by atoms with Crippen molar-refractivity contribution in [2.45, 2.75) is 0 Å². The van der Waals surface area contributed by atoms with Crippen LogP contribution in [0.5, 0.6) is 11.5 Å². The summed E-state index contributed by atoms with van der Waals surface area (Å²) >= 11 is 6.32. The van der Waals surface area contributed by atoms with E-state index in [1.54, 1.807) is 26.4 Å². The molecule has 32 heavy (non-hydrogen) atoms. The van der Waals surface area contributed by atoms with Gasteiger partial charge in [0.05, 0.1) is 31.1 Å². The van der Waals surface area contributed by atoms with Crippen molar-refractivity contribution in [3.05, 3.63) is 41.7 Å². The summed E-state index contributed by atoms with van der Waals surface area (Å²) < 4.78 is 23.8. The summed E-state index contributed by atoms with van der Waals surface area (Å²) in [4.78, 5) is 27.3. The Bertz CT molecular complexity index is 1160. The number of imidazole rings is 1. The van der Waals surface area contributed by atoms with Gasteiger partial charge in [-0.05, 0) is 12.1 Å². The minimum atomic E-state index is -3.96. The van der Waals surface area contributed by atoms with Crippen molar-refractivity contribution in [3.8, 4) is 22.8 Å². The maximum absolute atomic E-state index is 11.1. The fourth-order valence-corrected chi connectivity index (χ4v) is 4.64. The van der Waals surface area contributed by atoms with E-state index in [1.165, 1.54) is 0 Å². The molecular formula is C21H26ClN4O5P. The minimum Gasteiger partial charge on any atom is -0.496 e. The Morgan fingerprint density at radius 1 is 1.09 bits per heavy atom. The average molecular weight is 481 g/mol. The highest BCUT2D eigenvalue weighted by Crippen LogP contribution is 2.38. The summed E-state index contributed by atoms with van der Waals surface area (Å²) in [7, 11) is -0.804. The highest BCUT2D eigenvalue weighted by molar-refractivity contribution is 7.51. The zero-order valence-corrected chi connectivity index (χ0v) is 19.6. The van der Waals surface area contributed by atoms with Gasteiger partial charge in [0, 0.05) is 68.5 Å². The molecule has 4 rings (SSSR count). The summed E-state index contributed by atoms with van der Waals surface area (Å²) in [5.41, 5.74) is 3.38. The Labute approximate surface area is 191 Å². The molecule has 1 fully saturated rings. The molecule has 0 saturated carbocycles. The summed E-state index contributed by atoms with van der Waals surface area (Å²) in [6.07, 6.45) is 3.80. The van der Waals surface area contributed by atoms with E-state index in [0.717, 1.165) is 48.8 Å². The van der Waals surface area contributed by atoms with Crippen molar-refractivity contribution in [2.24, 2.45) is 0 Å². The van der Waals surface area contributed by atoms with Crippen LogP contribution < -0.4 is 14.4 Å². The standard InChI is InChI=1S/C21H26ClN4O5P/c1-30-19-13-20(31-2)17(22)12-16(19)18-14-26-4-3-15(11-21(26)23-18)25-7-5-24(6-8-25)9-10-32(27,28)29/h3-4,11-14H,5-10H2,1-2H3,(H2,27,28,29). The molecule has 0 amide bonds. The molecule has 3 heterocycles. The van der Waals surface area contributed by atoms with Gasteiger partial charge >= 0.3 is 7.60 Å². The van der Waals surface area contributed by atoms with Crippen LogP contribution in [0.3, 0.4) is 0 Å². The van der Waals surface area contributed by atoms with Gasteiger partial charge in [-0.25, -0.2) is 4.98 Å². The number of anilines is 1. The smallest absolute Gasteiger partial charge is 0.326 e. The van der Waals surface area contributed by atoms with E-state index >= 15 is 0 Å². The zero-order chi connectivity index (χ0) is 22.9. The van der Waals surface area contributed by atoms with Gasteiger partial charge in [-0.3, -0.25) is 9.46 Å². The summed E-state index contributed by atoms with van der Waals surface area (Å²) in [5.74, 6) is 1.17. The van der Waals surface area contributed by atoms with E-state index < -0.39 is 7.60 Å². The molecule has 9 nitrogen and oxygen atoms in total. The van der Waals surface area contributed by atoms with Crippen molar-refractivity contribution in [3.63, 3.8) is 0 Å². The lowest BCUT2D eigenvalue weighted by Gasteiger charge is -2.36. The SMILES string of the molecule is COc1cc(OC)c(-c2cn3ccc(N4CCN(CCP(=O)(O)O)CC4)cc3n2)cc1Cl. The number of rotatable bonds is 7. The quantitative estimate of drug-likeness (QED) is 0.498. The van der Waals surface area contributed by atoms with Gasteiger partial charge in [0.2, 0.25) is 0 Å². The molecule has 11 heteroatoms. The van der Waals surface area contributed by atoms with Crippen LogP contribution in [0.4, 0.5) is 5.69 Å². The molecular weight excluding hydrogens is 455 g/mol. The molecule has 1 saturated heterocycles. The molecule has 2 N–H and O–H groups in total. The summed E-state index contributed by atoms with van der Waals surface area (Å²) in [6.45, 7) is 3.49. The number of fused-ring (bicyclic) bond motifs is 1. The number of hydrogen-bond donors (Lipinski definition) is 2. The number of hydrogen-bond acceptors (Lipinski definition) is 6. The molecule has 0 spiro atoms. The predicted octanol–water partition coefficient (Wildman–Crippen LogP) is 2.97. The van der Waals surface area contributed by atoms with Crippen molar-refractivity contribution >= 4 is 30.5 Å². The van der Waals surface area contributed by atoms with Crippen LogP contribution in [0.2, 0.25) is 5.02 Å². The van der Waals surface area contributed by atoms with Crippen LogP contribution in [0.25, 0.3) is 16.9 Å². The molecule has 0 aliphatic carbocycles. The third-order valence-corrected chi connectivity index (χ3v) is 6.72. The number of aromatic nitrogens is 2. The van der Waals surface area contributed by atoms with E-state index in [4.69, 9.17) is 35.8 Å². The lowest BCUT2D eigenvalue weighted by molar-refractivity contribution is 0.264. The van der Waals surface area contributed by atoms with Crippen LogP contribution in [-0.2, 0) is 4.57 Å². The number of pyridine rings is 1. The molecule has 2 aromatic heterocycles. The molecule has 3 aromatic rings. The van der Waals surface area contributed by atoms with Crippen molar-refractivity contribution < 1.29 is 23.8 Å². The number of benzene rings is 1. The number of piperazine rings is 1. The van der Waals surface area contributed by atoms with E-state index in [9.17, 15) is 4.57 Å². The Kier molecular flexibility index (Phi) is 6.65. The molecule has 0 atom stereocenters. The highest BCUT2D eigenvalue weighted by Gasteiger charge is 2.21. The maximum Gasteiger partial charge on any atom is 0.326 e. The second-order valence-electron chi connectivity index (χ2n) is 7.68. The number of methoxy groups -OCH3 is 2. The normalized spacial score (nSPS) is 15.3. The lowest BCUT2D eigenvalue weighted by atomic mass is 10.1. The van der Waals surface area contributed by atoms with Gasteiger partial charge < -0.3 is 28.6 Å². The molecule has 0 radical (unpaired) electrons. The van der Waals surface area contributed by atoms with E-state index in [-0.39, 0.29) is 6.16 Å². The average Bonchev–Trinajstić information content (AvgIpc) is 3.20. The van der Waals surface area contributed by atoms with Crippen LogP contribution in [0, 0.1) is 0 Å². The van der Waals surface area contributed by atoms with E-state index in [0.29, 0.717) is 23.1 Å². The number of ether oxygens (including phenoxy) is 2.